The topological polar surface area (TPSA) is 44.8 Å². The molecule has 0 aromatic heterocycles. The third-order valence-electron chi connectivity index (χ3n) is 5.69. The van der Waals surface area contributed by atoms with E-state index >= 15 is 0 Å². The van der Waals surface area contributed by atoms with E-state index in [4.69, 9.17) is 13.9 Å². The molecule has 0 radical (unpaired) electrons. The highest BCUT2D eigenvalue weighted by Crippen LogP contribution is 2.37. The van der Waals surface area contributed by atoms with Gasteiger partial charge in [0.1, 0.15) is 13.1 Å². The molecule has 0 saturated carbocycles. The van der Waals surface area contributed by atoms with Gasteiger partial charge in [-0.3, -0.25) is 0 Å². The molecular weight excluding hydrogens is 404 g/mol. The molecule has 0 bridgehead atoms. The van der Waals surface area contributed by atoms with Gasteiger partial charge >= 0.3 is 0 Å². The maximum absolute atomic E-state index is 10.8. The molecule has 170 valence electrons. The van der Waals surface area contributed by atoms with E-state index in [0.717, 1.165) is 12.7 Å². The molecule has 31 heavy (non-hydrogen) atoms. The minimum atomic E-state index is -2.54. The lowest BCUT2D eigenvalue weighted by Crippen LogP contribution is -2.66. The van der Waals surface area contributed by atoms with Gasteiger partial charge in [0, 0.05) is 20.1 Å². The van der Waals surface area contributed by atoms with E-state index in [1.54, 1.807) is 7.11 Å². The second kappa shape index (κ2) is 12.3. The van der Waals surface area contributed by atoms with Crippen LogP contribution in [-0.2, 0) is 18.7 Å². The molecular formula is C26H38O4Si. The number of hydrogen-bond acceptors (Lipinski definition) is 4. The van der Waals surface area contributed by atoms with Gasteiger partial charge in [-0.1, -0.05) is 88.4 Å². The summed E-state index contributed by atoms with van der Waals surface area (Å²) in [6.07, 6.45) is 2.97. The molecule has 0 N–H and O–H groups in total. The van der Waals surface area contributed by atoms with Crippen LogP contribution in [0.4, 0.5) is 0 Å². The second-order valence-electron chi connectivity index (χ2n) is 9.25. The van der Waals surface area contributed by atoms with E-state index in [2.05, 4.69) is 88.4 Å². The highest BCUT2D eigenvalue weighted by Gasteiger charge is 2.50. The summed E-state index contributed by atoms with van der Waals surface area (Å²) in [6, 6.07) is 21.4. The number of benzene rings is 2. The molecule has 0 aliphatic carbocycles. The molecule has 0 aliphatic rings. The number of ether oxygens (including phenoxy) is 2. The van der Waals surface area contributed by atoms with Gasteiger partial charge < -0.3 is 18.7 Å². The van der Waals surface area contributed by atoms with Crippen molar-refractivity contribution in [2.75, 3.05) is 20.5 Å². The fourth-order valence-electron chi connectivity index (χ4n) is 4.23. The molecule has 0 heterocycles. The van der Waals surface area contributed by atoms with Crippen LogP contribution in [0.2, 0.25) is 5.04 Å². The Hall–Kier alpha value is -1.79. The predicted octanol–water partition coefficient (Wildman–Crippen LogP) is 4.56. The fraction of sp³-hybridized carbons (Fsp3) is 0.500. The third kappa shape index (κ3) is 6.84. The van der Waals surface area contributed by atoms with Gasteiger partial charge in [0.2, 0.25) is 0 Å². The molecule has 2 atom stereocenters. The van der Waals surface area contributed by atoms with Crippen molar-refractivity contribution >= 4 is 25.0 Å². The first-order chi connectivity index (χ1) is 14.8. The summed E-state index contributed by atoms with van der Waals surface area (Å²) in [5.41, 5.74) is 0. The first-order valence-electron chi connectivity index (χ1n) is 11.1. The number of carbonyl (C=O) groups is 1. The van der Waals surface area contributed by atoms with E-state index < -0.39 is 8.32 Å². The van der Waals surface area contributed by atoms with Crippen LogP contribution in [0.1, 0.15) is 47.0 Å². The lowest BCUT2D eigenvalue weighted by molar-refractivity contribution is -0.110. The van der Waals surface area contributed by atoms with Crippen molar-refractivity contribution in [1.82, 2.24) is 0 Å². The largest absolute Gasteiger partial charge is 0.407 e. The van der Waals surface area contributed by atoms with Gasteiger partial charge in [-0.2, -0.15) is 0 Å². The highest BCUT2D eigenvalue weighted by atomic mass is 28.4. The Labute approximate surface area is 189 Å². The molecule has 2 aromatic carbocycles. The van der Waals surface area contributed by atoms with Crippen molar-refractivity contribution in [2.24, 2.45) is 5.92 Å². The molecule has 0 amide bonds. The summed E-state index contributed by atoms with van der Waals surface area (Å²) in [7, 11) is -0.918. The van der Waals surface area contributed by atoms with Crippen molar-refractivity contribution in [2.45, 2.75) is 58.1 Å². The smallest absolute Gasteiger partial charge is 0.261 e. The summed E-state index contributed by atoms with van der Waals surface area (Å²) >= 11 is 0. The van der Waals surface area contributed by atoms with E-state index in [0.29, 0.717) is 19.4 Å². The average molecular weight is 443 g/mol. The first kappa shape index (κ1) is 25.5. The van der Waals surface area contributed by atoms with Gasteiger partial charge in [-0.05, 0) is 34.2 Å². The predicted molar refractivity (Wildman–Crippen MR) is 129 cm³/mol. The van der Waals surface area contributed by atoms with Crippen LogP contribution in [-0.4, -0.2) is 41.2 Å². The summed E-state index contributed by atoms with van der Waals surface area (Å²) in [5.74, 6) is 0.287. The van der Waals surface area contributed by atoms with Gasteiger partial charge in [-0.25, -0.2) is 0 Å². The van der Waals surface area contributed by atoms with Crippen molar-refractivity contribution in [3.8, 4) is 0 Å². The summed E-state index contributed by atoms with van der Waals surface area (Å²) in [5, 5.41) is 2.53. The van der Waals surface area contributed by atoms with Crippen molar-refractivity contribution in [3.05, 3.63) is 60.7 Å². The van der Waals surface area contributed by atoms with E-state index in [1.807, 2.05) is 0 Å². The average Bonchev–Trinajstić information content (AvgIpc) is 2.76. The Kier molecular flexibility index (Phi) is 10.1. The minimum absolute atomic E-state index is 0.0112. The van der Waals surface area contributed by atoms with Crippen LogP contribution in [0.25, 0.3) is 0 Å². The Balaban J connectivity index is 2.28. The van der Waals surface area contributed by atoms with Crippen LogP contribution in [0.15, 0.2) is 60.7 Å². The van der Waals surface area contributed by atoms with Crippen molar-refractivity contribution in [3.63, 3.8) is 0 Å². The third-order valence-corrected chi connectivity index (χ3v) is 10.7. The normalized spacial score (nSPS) is 14.2. The minimum Gasteiger partial charge on any atom is -0.407 e. The molecule has 2 aromatic rings. The molecule has 0 unspecified atom stereocenters. The number of rotatable bonds is 13. The van der Waals surface area contributed by atoms with Crippen LogP contribution in [0.5, 0.6) is 0 Å². The van der Waals surface area contributed by atoms with Gasteiger partial charge in [0.05, 0.1) is 6.10 Å². The summed E-state index contributed by atoms with van der Waals surface area (Å²) < 4.78 is 17.9. The zero-order chi connectivity index (χ0) is 22.7. The van der Waals surface area contributed by atoms with Crippen LogP contribution in [0, 0.1) is 5.92 Å². The lowest BCUT2D eigenvalue weighted by Gasteiger charge is -2.43. The van der Waals surface area contributed by atoms with Gasteiger partial charge in [-0.15, -0.1) is 0 Å². The summed E-state index contributed by atoms with van der Waals surface area (Å²) in [4.78, 5) is 10.8. The van der Waals surface area contributed by atoms with Crippen LogP contribution >= 0.6 is 0 Å². The monoisotopic (exact) mass is 442 g/mol. The molecule has 0 saturated heterocycles. The molecule has 0 spiro atoms. The zero-order valence-electron chi connectivity index (χ0n) is 19.7. The van der Waals surface area contributed by atoms with Gasteiger partial charge in [0.25, 0.3) is 8.32 Å². The lowest BCUT2D eigenvalue weighted by atomic mass is 10.0. The summed E-state index contributed by atoms with van der Waals surface area (Å²) in [6.45, 7) is 9.95. The quantitative estimate of drug-likeness (QED) is 0.259. The molecule has 0 fully saturated rings. The number of methoxy groups -OCH3 is 1. The standard InChI is InChI=1S/C26H38O4Si/c1-22(19-23(13-12-18-27)29-21-28-5)20-30-31(26(2,3)4,24-14-8-6-9-15-24)25-16-10-7-11-17-25/h6-11,14-18,22-23H,12-13,19-21H2,1-5H3/t22-,23-/m1/s1. The number of carbonyl (C=O) groups excluding carboxylic acids is 1. The number of hydrogen-bond donors (Lipinski definition) is 0. The Morgan fingerprint density at radius 1 is 0.968 bits per heavy atom. The molecule has 0 aliphatic heterocycles. The maximum atomic E-state index is 10.8. The van der Waals surface area contributed by atoms with Gasteiger partial charge in [0.15, 0.2) is 0 Å². The highest BCUT2D eigenvalue weighted by molar-refractivity contribution is 6.99. The molecule has 2 rings (SSSR count). The van der Waals surface area contributed by atoms with Crippen molar-refractivity contribution < 1.29 is 18.7 Å². The first-order valence-corrected chi connectivity index (χ1v) is 13.0. The number of aldehydes is 1. The molecule has 5 heteroatoms. The van der Waals surface area contributed by atoms with Crippen LogP contribution in [0.3, 0.4) is 0 Å². The van der Waals surface area contributed by atoms with Crippen LogP contribution < -0.4 is 10.4 Å². The van der Waals surface area contributed by atoms with Crippen molar-refractivity contribution in [1.29, 1.82) is 0 Å². The van der Waals surface area contributed by atoms with E-state index in [1.165, 1.54) is 10.4 Å². The van der Waals surface area contributed by atoms with E-state index in [9.17, 15) is 4.79 Å². The Morgan fingerprint density at radius 2 is 1.52 bits per heavy atom. The Morgan fingerprint density at radius 3 is 1.97 bits per heavy atom. The van der Waals surface area contributed by atoms with E-state index in [-0.39, 0.29) is 23.9 Å². The molecule has 4 nitrogen and oxygen atoms in total. The maximum Gasteiger partial charge on any atom is 0.261 e. The second-order valence-corrected chi connectivity index (χ2v) is 13.6. The fourth-order valence-corrected chi connectivity index (χ4v) is 8.92. The zero-order valence-corrected chi connectivity index (χ0v) is 20.7. The Bertz CT molecular complexity index is 718. The SMILES string of the molecule is COCO[C@H](CCC=O)C[C@@H](C)CO[Si](c1ccccc1)(c1ccccc1)C(C)(C)C.